The molecule has 2 fully saturated rings. The molecule has 0 amide bonds. The van der Waals surface area contributed by atoms with Gasteiger partial charge >= 0.3 is 5.97 Å². The fourth-order valence-electron chi connectivity index (χ4n) is 2.68. The molecule has 3 atom stereocenters. The number of ether oxygens (including phenoxy) is 1. The van der Waals surface area contributed by atoms with Crippen molar-refractivity contribution >= 4 is 11.7 Å². The summed E-state index contributed by atoms with van der Waals surface area (Å²) in [6, 6.07) is 3.71. The van der Waals surface area contributed by atoms with E-state index in [1.54, 1.807) is 12.1 Å². The first-order valence-corrected chi connectivity index (χ1v) is 5.84. The minimum absolute atomic E-state index is 0.0790. The van der Waals surface area contributed by atoms with E-state index in [1.807, 2.05) is 0 Å². The van der Waals surface area contributed by atoms with E-state index in [0.717, 1.165) is 19.3 Å². The van der Waals surface area contributed by atoms with Crippen LogP contribution in [0.2, 0.25) is 0 Å². The smallest absolute Gasteiger partial charge is 0.356 e. The number of hydrogen-bond acceptors (Lipinski definition) is 4. The van der Waals surface area contributed by atoms with E-state index >= 15 is 0 Å². The Morgan fingerprint density at radius 1 is 1.53 bits per heavy atom. The summed E-state index contributed by atoms with van der Waals surface area (Å²) in [6.45, 7) is 0. The van der Waals surface area contributed by atoms with Gasteiger partial charge in [-0.1, -0.05) is 0 Å². The van der Waals surface area contributed by atoms with Crippen molar-refractivity contribution in [3.05, 3.63) is 24.0 Å². The van der Waals surface area contributed by atoms with Gasteiger partial charge in [-0.15, -0.1) is 0 Å². The van der Waals surface area contributed by atoms with E-state index in [-0.39, 0.29) is 17.8 Å². The Balaban J connectivity index is 1.79. The summed E-state index contributed by atoms with van der Waals surface area (Å²) in [5.41, 5.74) is 0.663. The van der Waals surface area contributed by atoms with Gasteiger partial charge in [-0.25, -0.2) is 9.78 Å². The number of nitrogens with one attached hydrogen (secondary N) is 1. The average molecular weight is 234 g/mol. The van der Waals surface area contributed by atoms with Crippen LogP contribution in [0, 0.1) is 0 Å². The van der Waals surface area contributed by atoms with Crippen molar-refractivity contribution in [1.82, 2.24) is 4.98 Å². The Labute approximate surface area is 98.8 Å². The lowest BCUT2D eigenvalue weighted by molar-refractivity contribution is 0.0691. The molecule has 5 heteroatoms. The lowest BCUT2D eigenvalue weighted by Crippen LogP contribution is -2.31. The van der Waals surface area contributed by atoms with E-state index in [1.165, 1.54) is 6.20 Å². The number of carbonyl (C=O) groups is 1. The zero-order valence-corrected chi connectivity index (χ0v) is 9.30. The van der Waals surface area contributed by atoms with Crippen LogP contribution in [-0.2, 0) is 4.74 Å². The Kier molecular flexibility index (Phi) is 2.48. The lowest BCUT2D eigenvalue weighted by atomic mass is 9.95. The number of carboxylic acid groups (broad SMARTS) is 1. The zero-order chi connectivity index (χ0) is 11.8. The first kappa shape index (κ1) is 10.5. The van der Waals surface area contributed by atoms with E-state index in [4.69, 9.17) is 9.84 Å². The molecule has 90 valence electrons. The number of anilines is 1. The number of nitrogens with zero attached hydrogens (tertiary/aromatic N) is 1. The molecule has 2 bridgehead atoms. The molecule has 3 rings (SSSR count). The summed E-state index contributed by atoms with van der Waals surface area (Å²) in [6.07, 6.45) is 5.21. The van der Waals surface area contributed by atoms with Crippen LogP contribution in [0.4, 0.5) is 5.69 Å². The summed E-state index contributed by atoms with van der Waals surface area (Å²) < 4.78 is 5.73. The van der Waals surface area contributed by atoms with Gasteiger partial charge in [0.05, 0.1) is 23.9 Å². The molecule has 17 heavy (non-hydrogen) atoms. The predicted molar refractivity (Wildman–Crippen MR) is 61.1 cm³/mol. The van der Waals surface area contributed by atoms with Gasteiger partial charge < -0.3 is 15.2 Å². The van der Waals surface area contributed by atoms with Gasteiger partial charge in [0.2, 0.25) is 0 Å². The summed E-state index contributed by atoms with van der Waals surface area (Å²) in [5.74, 6) is -1.00. The van der Waals surface area contributed by atoms with Crippen molar-refractivity contribution < 1.29 is 14.6 Å². The highest BCUT2D eigenvalue weighted by atomic mass is 16.5. The third-order valence-electron chi connectivity index (χ3n) is 3.46. The summed E-state index contributed by atoms with van der Waals surface area (Å²) >= 11 is 0. The highest BCUT2D eigenvalue weighted by molar-refractivity contribution is 5.91. The van der Waals surface area contributed by atoms with Gasteiger partial charge in [0.15, 0.2) is 5.69 Å². The number of carboxylic acids is 1. The zero-order valence-electron chi connectivity index (χ0n) is 9.30. The highest BCUT2D eigenvalue weighted by Crippen LogP contribution is 2.36. The fraction of sp³-hybridized carbons (Fsp3) is 0.500. The number of aromatic carboxylic acids is 1. The molecule has 2 aliphatic heterocycles. The van der Waals surface area contributed by atoms with Crippen molar-refractivity contribution in [2.45, 2.75) is 37.5 Å². The van der Waals surface area contributed by atoms with Gasteiger partial charge in [0.1, 0.15) is 0 Å². The average Bonchev–Trinajstić information content (AvgIpc) is 2.91. The summed E-state index contributed by atoms with van der Waals surface area (Å²) in [7, 11) is 0. The van der Waals surface area contributed by atoms with Gasteiger partial charge in [-0.05, 0) is 31.4 Å². The molecule has 0 radical (unpaired) electrons. The second-order valence-corrected chi connectivity index (χ2v) is 4.57. The van der Waals surface area contributed by atoms with Crippen LogP contribution in [0.1, 0.15) is 29.8 Å². The third kappa shape index (κ3) is 1.86. The quantitative estimate of drug-likeness (QED) is 0.829. The van der Waals surface area contributed by atoms with Crippen LogP contribution in [0.25, 0.3) is 0 Å². The lowest BCUT2D eigenvalue weighted by Gasteiger charge is -2.21. The normalized spacial score (nSPS) is 30.5. The van der Waals surface area contributed by atoms with Crippen LogP contribution in [0.5, 0.6) is 0 Å². The molecular formula is C12H14N2O3. The topological polar surface area (TPSA) is 71.5 Å². The maximum absolute atomic E-state index is 11.0. The van der Waals surface area contributed by atoms with Crippen molar-refractivity contribution in [2.24, 2.45) is 0 Å². The number of pyridine rings is 1. The highest BCUT2D eigenvalue weighted by Gasteiger charge is 2.41. The minimum Gasteiger partial charge on any atom is -0.476 e. The van der Waals surface area contributed by atoms with E-state index in [2.05, 4.69) is 10.3 Å². The predicted octanol–water partition coefficient (Wildman–Crippen LogP) is 1.51. The van der Waals surface area contributed by atoms with Gasteiger partial charge in [0.25, 0.3) is 0 Å². The maximum atomic E-state index is 11.0. The molecule has 1 aromatic rings. The van der Waals surface area contributed by atoms with Gasteiger partial charge in [-0.3, -0.25) is 0 Å². The van der Waals surface area contributed by atoms with Gasteiger partial charge in [-0.2, -0.15) is 0 Å². The Hall–Kier alpha value is -1.62. The van der Waals surface area contributed by atoms with Crippen LogP contribution < -0.4 is 5.32 Å². The summed E-state index contributed by atoms with van der Waals surface area (Å²) in [4.78, 5) is 14.9. The molecule has 0 spiro atoms. The SMILES string of the molecule is O=C(O)c1ncccc1NC1CC2CCC1O2. The molecular weight excluding hydrogens is 220 g/mol. The molecule has 0 aromatic carbocycles. The maximum Gasteiger partial charge on any atom is 0.356 e. The Bertz CT molecular complexity index is 449. The van der Waals surface area contributed by atoms with E-state index in [9.17, 15) is 4.79 Å². The fourth-order valence-corrected chi connectivity index (χ4v) is 2.68. The standard InChI is InChI=1S/C12H14N2O3/c15-12(16)11-8(2-1-5-13-11)14-9-6-7-3-4-10(9)17-7/h1-2,5,7,9-10,14H,3-4,6H2,(H,15,16). The molecule has 1 aromatic heterocycles. The second kappa shape index (κ2) is 4.00. The van der Waals surface area contributed by atoms with E-state index in [0.29, 0.717) is 11.8 Å². The number of hydrogen-bond donors (Lipinski definition) is 2. The molecule has 2 N–H and O–H groups in total. The van der Waals surface area contributed by atoms with Gasteiger partial charge in [0, 0.05) is 6.20 Å². The molecule has 3 heterocycles. The van der Waals surface area contributed by atoms with E-state index < -0.39 is 5.97 Å². The Morgan fingerprint density at radius 3 is 3.06 bits per heavy atom. The van der Waals surface area contributed by atoms with Crippen LogP contribution in [-0.4, -0.2) is 34.3 Å². The van der Waals surface area contributed by atoms with Crippen LogP contribution in [0.3, 0.4) is 0 Å². The number of fused-ring (bicyclic) bond motifs is 2. The number of aromatic nitrogens is 1. The molecule has 3 unspecified atom stereocenters. The van der Waals surface area contributed by atoms with Crippen molar-refractivity contribution in [3.8, 4) is 0 Å². The molecule has 0 aliphatic carbocycles. The first-order chi connectivity index (χ1) is 8.24. The second-order valence-electron chi connectivity index (χ2n) is 4.57. The number of rotatable bonds is 3. The van der Waals surface area contributed by atoms with Crippen LogP contribution >= 0.6 is 0 Å². The first-order valence-electron chi connectivity index (χ1n) is 5.84. The van der Waals surface area contributed by atoms with Crippen molar-refractivity contribution in [2.75, 3.05) is 5.32 Å². The Morgan fingerprint density at radius 2 is 2.41 bits per heavy atom. The van der Waals surface area contributed by atoms with Crippen molar-refractivity contribution in [1.29, 1.82) is 0 Å². The minimum atomic E-state index is -1.00. The molecule has 0 saturated carbocycles. The molecule has 5 nitrogen and oxygen atoms in total. The molecule has 2 aliphatic rings. The summed E-state index contributed by atoms with van der Waals surface area (Å²) in [5, 5.41) is 12.3. The monoisotopic (exact) mass is 234 g/mol. The van der Waals surface area contributed by atoms with Crippen LogP contribution in [0.15, 0.2) is 18.3 Å². The largest absolute Gasteiger partial charge is 0.476 e. The molecule has 2 saturated heterocycles. The third-order valence-corrected chi connectivity index (χ3v) is 3.46. The van der Waals surface area contributed by atoms with Crippen molar-refractivity contribution in [3.63, 3.8) is 0 Å².